The summed E-state index contributed by atoms with van der Waals surface area (Å²) >= 11 is 0. The van der Waals surface area contributed by atoms with Gasteiger partial charge in [0, 0.05) is 63.0 Å². The quantitative estimate of drug-likeness (QED) is 0.300. The molecule has 0 spiro atoms. The van der Waals surface area contributed by atoms with Gasteiger partial charge < -0.3 is 15.5 Å². The van der Waals surface area contributed by atoms with Crippen LogP contribution in [0.5, 0.6) is 5.75 Å². The number of fused-ring (bicyclic) bond motifs is 1. The Kier molecular flexibility index (Phi) is 7.99. The third kappa shape index (κ3) is 5.65. The van der Waals surface area contributed by atoms with Crippen LogP contribution in [0.3, 0.4) is 0 Å². The van der Waals surface area contributed by atoms with Gasteiger partial charge in [-0.3, -0.25) is 9.80 Å². The van der Waals surface area contributed by atoms with Gasteiger partial charge in [0.15, 0.2) is 0 Å². The molecule has 2 saturated heterocycles. The number of rotatable bonds is 8. The Labute approximate surface area is 247 Å². The van der Waals surface area contributed by atoms with Crippen LogP contribution in [-0.2, 0) is 12.7 Å². The molecular formula is C31H33F3N8O. The average Bonchev–Trinajstić information content (AvgIpc) is 3.53. The number of tetrazole rings is 1. The highest BCUT2D eigenvalue weighted by Crippen LogP contribution is 2.39. The van der Waals surface area contributed by atoms with E-state index in [9.17, 15) is 13.2 Å². The molecule has 224 valence electrons. The summed E-state index contributed by atoms with van der Waals surface area (Å²) in [4.78, 5) is 4.76. The van der Waals surface area contributed by atoms with Crippen molar-refractivity contribution in [3.8, 4) is 11.4 Å². The van der Waals surface area contributed by atoms with E-state index in [1.165, 1.54) is 17.2 Å². The predicted molar refractivity (Wildman–Crippen MR) is 156 cm³/mol. The van der Waals surface area contributed by atoms with Gasteiger partial charge in [0.25, 0.3) is 5.82 Å². The molecule has 43 heavy (non-hydrogen) atoms. The van der Waals surface area contributed by atoms with Crippen molar-refractivity contribution in [3.63, 3.8) is 0 Å². The molecule has 6 rings (SSSR count). The molecule has 0 bridgehead atoms. The lowest BCUT2D eigenvalue weighted by molar-refractivity contribution is -0.146. The van der Waals surface area contributed by atoms with E-state index < -0.39 is 17.5 Å². The lowest BCUT2D eigenvalue weighted by Gasteiger charge is -2.57. The van der Waals surface area contributed by atoms with Crippen LogP contribution in [0.4, 0.5) is 13.2 Å². The van der Waals surface area contributed by atoms with Crippen molar-refractivity contribution in [3.05, 3.63) is 101 Å². The zero-order valence-electron chi connectivity index (χ0n) is 23.7. The molecule has 3 heterocycles. The normalized spacial score (nSPS) is 21.5. The summed E-state index contributed by atoms with van der Waals surface area (Å²) in [5.41, 5.74) is 2.71. The molecule has 0 amide bonds. The fourth-order valence-corrected chi connectivity index (χ4v) is 6.63. The maximum Gasteiger partial charge on any atom is 0.453 e. The van der Waals surface area contributed by atoms with E-state index >= 15 is 0 Å². The number of methoxy groups -OCH3 is 1. The summed E-state index contributed by atoms with van der Waals surface area (Å²) in [7, 11) is 1.54. The maximum atomic E-state index is 13.6. The molecule has 12 heteroatoms. The summed E-state index contributed by atoms with van der Waals surface area (Å²) in [5.74, 6) is -0.606. The minimum absolute atomic E-state index is 0.0211. The predicted octanol–water partition coefficient (Wildman–Crippen LogP) is 4.00. The summed E-state index contributed by atoms with van der Waals surface area (Å²) in [6, 6.07) is 25.7. The number of aromatic nitrogens is 4. The number of benzene rings is 3. The first-order chi connectivity index (χ1) is 20.8. The van der Waals surface area contributed by atoms with E-state index in [1.54, 1.807) is 25.5 Å². The number of alkyl halides is 3. The van der Waals surface area contributed by atoms with E-state index in [-0.39, 0.29) is 17.6 Å². The molecule has 4 aromatic rings. The van der Waals surface area contributed by atoms with Crippen LogP contribution in [0.25, 0.3) is 5.69 Å². The Morgan fingerprint density at radius 1 is 1.07 bits per heavy atom. The summed E-state index contributed by atoms with van der Waals surface area (Å²) in [6.07, 6.45) is -3.16. The molecule has 3 aromatic carbocycles. The SMILES string of the molecule is COc1ccc(-n2nnnc2C(F)(F)F)cc1CN1C[C@@H](C(c2ccccc2)c2ccccc2)N2CCNC[C@]2(C=N)C1. The van der Waals surface area contributed by atoms with Crippen molar-refractivity contribution in [2.24, 2.45) is 0 Å². The van der Waals surface area contributed by atoms with Crippen molar-refractivity contribution in [2.75, 3.05) is 39.8 Å². The second-order valence-corrected chi connectivity index (χ2v) is 11.1. The maximum absolute atomic E-state index is 13.6. The van der Waals surface area contributed by atoms with Gasteiger partial charge in [-0.1, -0.05) is 60.7 Å². The van der Waals surface area contributed by atoms with Crippen LogP contribution in [0.2, 0.25) is 0 Å². The zero-order chi connectivity index (χ0) is 30.0. The molecule has 0 radical (unpaired) electrons. The highest BCUT2D eigenvalue weighted by Gasteiger charge is 2.49. The van der Waals surface area contributed by atoms with Gasteiger partial charge in [-0.25, -0.2) is 0 Å². The molecule has 0 aliphatic carbocycles. The Bertz CT molecular complexity index is 1510. The van der Waals surface area contributed by atoms with Crippen LogP contribution < -0.4 is 10.1 Å². The Hall–Kier alpha value is -4.13. The third-order valence-corrected chi connectivity index (χ3v) is 8.47. The third-order valence-electron chi connectivity index (χ3n) is 8.47. The minimum Gasteiger partial charge on any atom is -0.496 e. The van der Waals surface area contributed by atoms with Gasteiger partial charge >= 0.3 is 6.18 Å². The molecule has 2 aliphatic heterocycles. The first-order valence-corrected chi connectivity index (χ1v) is 14.2. The van der Waals surface area contributed by atoms with Crippen LogP contribution in [0, 0.1) is 5.41 Å². The van der Waals surface area contributed by atoms with Crippen LogP contribution in [0.15, 0.2) is 78.9 Å². The first kappa shape index (κ1) is 29.0. The number of halogens is 3. The Morgan fingerprint density at radius 2 is 1.77 bits per heavy atom. The highest BCUT2D eigenvalue weighted by atomic mass is 19.4. The molecule has 9 nitrogen and oxygen atoms in total. The topological polar surface area (TPSA) is 95.2 Å². The van der Waals surface area contributed by atoms with Gasteiger partial charge in [0.1, 0.15) is 5.75 Å². The Balaban J connectivity index is 1.40. The summed E-state index contributed by atoms with van der Waals surface area (Å²) in [5, 5.41) is 22.2. The van der Waals surface area contributed by atoms with Gasteiger partial charge in [0.2, 0.25) is 0 Å². The number of hydrogen-bond acceptors (Lipinski definition) is 8. The molecule has 0 unspecified atom stereocenters. The van der Waals surface area contributed by atoms with Crippen molar-refractivity contribution < 1.29 is 17.9 Å². The lowest BCUT2D eigenvalue weighted by Crippen LogP contribution is -2.74. The second kappa shape index (κ2) is 11.9. The standard InChI is InChI=1S/C31H33F3N8O/c1-43-27-13-12-25(42-29(31(32,33)34)37-38-39-42)16-24(27)17-40-18-26(41-15-14-36-20-30(41,19-35)21-40)28(22-8-4-2-5-9-22)23-10-6-3-7-11-23/h2-13,16,19,26,28,35-36H,14-15,17-18,20-21H2,1H3/t26-,30+/m0/s1. The number of nitrogens with zero attached hydrogens (tertiary/aromatic N) is 6. The van der Waals surface area contributed by atoms with Crippen LogP contribution >= 0.6 is 0 Å². The van der Waals surface area contributed by atoms with Crippen molar-refractivity contribution in [2.45, 2.75) is 30.2 Å². The molecule has 2 fully saturated rings. The lowest BCUT2D eigenvalue weighted by atomic mass is 9.78. The Morgan fingerprint density at radius 3 is 2.40 bits per heavy atom. The van der Waals surface area contributed by atoms with E-state index in [0.29, 0.717) is 42.2 Å². The minimum atomic E-state index is -4.71. The molecule has 2 atom stereocenters. The fraction of sp³-hybridized carbons (Fsp3) is 0.355. The highest BCUT2D eigenvalue weighted by molar-refractivity contribution is 5.69. The molecule has 2 aliphatic rings. The van der Waals surface area contributed by atoms with Crippen molar-refractivity contribution >= 4 is 6.21 Å². The van der Waals surface area contributed by atoms with Gasteiger partial charge in [-0.05, 0) is 39.8 Å². The van der Waals surface area contributed by atoms with Gasteiger partial charge in [-0.2, -0.15) is 17.9 Å². The second-order valence-electron chi connectivity index (χ2n) is 11.1. The monoisotopic (exact) mass is 590 g/mol. The number of hydrogen-bond donors (Lipinski definition) is 2. The number of ether oxygens (including phenoxy) is 1. The van der Waals surface area contributed by atoms with Crippen molar-refractivity contribution in [1.82, 2.24) is 35.3 Å². The van der Waals surface area contributed by atoms with E-state index in [0.717, 1.165) is 13.1 Å². The summed E-state index contributed by atoms with van der Waals surface area (Å²) in [6.45, 7) is 3.89. The smallest absolute Gasteiger partial charge is 0.453 e. The van der Waals surface area contributed by atoms with Crippen molar-refractivity contribution in [1.29, 1.82) is 5.41 Å². The van der Waals surface area contributed by atoms with E-state index in [1.807, 2.05) is 12.1 Å². The largest absolute Gasteiger partial charge is 0.496 e. The molecular weight excluding hydrogens is 557 g/mol. The van der Waals surface area contributed by atoms with Gasteiger partial charge in [-0.15, -0.1) is 5.10 Å². The van der Waals surface area contributed by atoms with Gasteiger partial charge in [0.05, 0.1) is 18.3 Å². The van der Waals surface area contributed by atoms with E-state index in [2.05, 4.69) is 79.2 Å². The number of piperazine rings is 2. The zero-order valence-corrected chi connectivity index (χ0v) is 23.7. The summed E-state index contributed by atoms with van der Waals surface area (Å²) < 4.78 is 47.1. The number of nitrogens with one attached hydrogen (secondary N) is 2. The van der Waals surface area contributed by atoms with Crippen LogP contribution in [-0.4, -0.2) is 87.6 Å². The van der Waals surface area contributed by atoms with E-state index in [4.69, 9.17) is 10.1 Å². The average molecular weight is 591 g/mol. The fourth-order valence-electron chi connectivity index (χ4n) is 6.63. The molecule has 2 N–H and O–H groups in total. The molecule has 1 aromatic heterocycles. The van der Waals surface area contributed by atoms with Crippen LogP contribution in [0.1, 0.15) is 28.4 Å². The molecule has 0 saturated carbocycles. The first-order valence-electron chi connectivity index (χ1n) is 14.2.